The van der Waals surface area contributed by atoms with Gasteiger partial charge in [-0.05, 0) is 61.2 Å². The average Bonchev–Trinajstić information content (AvgIpc) is 3.54. The Morgan fingerprint density at radius 3 is 2.31 bits per heavy atom. The van der Waals surface area contributed by atoms with E-state index in [1.54, 1.807) is 23.6 Å². The fraction of sp³-hybridized carbons (Fsp3) is 0.811. The number of likely N-dealkylation sites (tertiary alicyclic amines) is 1. The SMILES string of the molecule is CCCCC(NC(=O)[C@@H]1[C@@H]2[C@H](CN1C(=O)[C@@H](NC(=O)N[C@H](CN1CC3=C(CCS3)S1(=O)=O)C(C)(C)C)C1CCCCC1)C2(C)C)C(=O)C(=O)NCC. The highest BCUT2D eigenvalue weighted by Crippen LogP contribution is 2.65. The van der Waals surface area contributed by atoms with Crippen molar-refractivity contribution in [1.82, 2.24) is 30.5 Å². The molecule has 5 aliphatic rings. The van der Waals surface area contributed by atoms with Crippen LogP contribution < -0.4 is 21.3 Å². The molecular weight excluding hydrogens is 705 g/mol. The molecule has 3 aliphatic heterocycles. The monoisotopic (exact) mass is 764 g/mol. The Bertz CT molecular complexity index is 1550. The van der Waals surface area contributed by atoms with Crippen LogP contribution in [0.2, 0.25) is 0 Å². The molecular formula is C37H60N6O7S2. The number of Topliss-reactive ketones (excluding diaryl/α,β-unsaturated/α-hetero) is 1. The molecule has 3 fully saturated rings. The zero-order chi connectivity index (χ0) is 38.2. The van der Waals surface area contributed by atoms with Gasteiger partial charge in [-0.15, -0.1) is 11.8 Å². The van der Waals surface area contributed by atoms with E-state index in [4.69, 9.17) is 0 Å². The van der Waals surface area contributed by atoms with E-state index in [0.29, 0.717) is 37.3 Å². The van der Waals surface area contributed by atoms with E-state index in [9.17, 15) is 32.4 Å². The standard InChI is InChI=1S/C37H60N6O7S2/c1-8-10-16-24(31(44)33(46)38-9-2)39-32(45)30-28-23(37(28,6)7)19-43(30)34(47)29(22-14-12-11-13-15-22)41-35(48)40-27(36(3,4)5)21-42-20-25-26(17-18-51-25)52(42,49)50/h22-24,27-30H,8-21H2,1-7H3,(H,38,46)(H,39,45)(H2,40,41,48)/t23-,24?,27+,28-,29-,30-/m0/s1. The first-order valence-electron chi connectivity index (χ1n) is 19.3. The maximum atomic E-state index is 14.7. The third-order valence-corrected chi connectivity index (χ3v) is 15.4. The number of carbonyl (C=O) groups is 5. The lowest BCUT2D eigenvalue weighted by molar-refractivity contribution is -0.144. The van der Waals surface area contributed by atoms with Crippen molar-refractivity contribution < 1.29 is 32.4 Å². The van der Waals surface area contributed by atoms with E-state index in [1.807, 2.05) is 27.7 Å². The van der Waals surface area contributed by atoms with Crippen LogP contribution in [0.5, 0.6) is 0 Å². The number of unbranched alkanes of at least 4 members (excludes halogenated alkanes) is 1. The largest absolute Gasteiger partial charge is 0.350 e. The molecule has 4 N–H and O–H groups in total. The van der Waals surface area contributed by atoms with Crippen LogP contribution in [0.15, 0.2) is 9.81 Å². The number of carbonyl (C=O) groups excluding carboxylic acids is 5. The number of likely N-dealkylation sites (N-methyl/N-ethyl adjacent to an activating group) is 1. The molecule has 1 saturated heterocycles. The van der Waals surface area contributed by atoms with E-state index in [0.717, 1.165) is 49.2 Å². The summed E-state index contributed by atoms with van der Waals surface area (Å²) in [5, 5.41) is 11.5. The third-order valence-electron chi connectivity index (χ3n) is 12.1. The second kappa shape index (κ2) is 16.0. The Labute approximate surface area is 314 Å². The van der Waals surface area contributed by atoms with Crippen molar-refractivity contribution >= 4 is 51.3 Å². The molecule has 2 aliphatic carbocycles. The van der Waals surface area contributed by atoms with E-state index >= 15 is 0 Å². The van der Waals surface area contributed by atoms with Crippen LogP contribution in [-0.2, 0) is 29.2 Å². The van der Waals surface area contributed by atoms with Crippen molar-refractivity contribution in [3.8, 4) is 0 Å². The molecule has 0 radical (unpaired) electrons. The first kappa shape index (κ1) is 40.5. The van der Waals surface area contributed by atoms with Gasteiger partial charge in [0.25, 0.3) is 5.91 Å². The van der Waals surface area contributed by atoms with Gasteiger partial charge in [0.2, 0.25) is 27.6 Å². The summed E-state index contributed by atoms with van der Waals surface area (Å²) in [7, 11) is -3.59. The van der Waals surface area contributed by atoms with E-state index in [1.165, 1.54) is 4.31 Å². The fourth-order valence-corrected chi connectivity index (χ4v) is 12.2. The van der Waals surface area contributed by atoms with Crippen LogP contribution in [-0.4, -0.2) is 103 Å². The molecule has 0 spiro atoms. The van der Waals surface area contributed by atoms with Gasteiger partial charge in [-0.1, -0.05) is 73.6 Å². The van der Waals surface area contributed by atoms with Crippen molar-refractivity contribution in [3.63, 3.8) is 0 Å². The Morgan fingerprint density at radius 2 is 1.69 bits per heavy atom. The summed E-state index contributed by atoms with van der Waals surface area (Å²) >= 11 is 1.58. The molecule has 3 heterocycles. The van der Waals surface area contributed by atoms with Crippen LogP contribution in [0.3, 0.4) is 0 Å². The van der Waals surface area contributed by atoms with Crippen LogP contribution in [0.1, 0.15) is 106 Å². The Kier molecular flexibility index (Phi) is 12.5. The number of rotatable bonds is 14. The third kappa shape index (κ3) is 8.35. The lowest BCUT2D eigenvalue weighted by atomic mass is 9.83. The van der Waals surface area contributed by atoms with Crippen LogP contribution in [0.25, 0.3) is 0 Å². The van der Waals surface area contributed by atoms with Crippen LogP contribution >= 0.6 is 11.8 Å². The van der Waals surface area contributed by atoms with Gasteiger partial charge < -0.3 is 26.2 Å². The molecule has 5 rings (SSSR count). The second-order valence-electron chi connectivity index (χ2n) is 17.0. The molecule has 2 saturated carbocycles. The van der Waals surface area contributed by atoms with Gasteiger partial charge in [-0.25, -0.2) is 13.2 Å². The van der Waals surface area contributed by atoms with Crippen molar-refractivity contribution in [2.75, 3.05) is 31.9 Å². The van der Waals surface area contributed by atoms with E-state index in [-0.39, 0.29) is 42.2 Å². The molecule has 13 nitrogen and oxygen atoms in total. The Balaban J connectivity index is 1.34. The van der Waals surface area contributed by atoms with Gasteiger partial charge in [-0.3, -0.25) is 19.2 Å². The predicted octanol–water partition coefficient (Wildman–Crippen LogP) is 3.51. The highest BCUT2D eigenvalue weighted by atomic mass is 32.2. The number of piperidine rings is 1. The minimum Gasteiger partial charge on any atom is -0.350 e. The van der Waals surface area contributed by atoms with Crippen molar-refractivity contribution in [3.05, 3.63) is 9.81 Å². The summed E-state index contributed by atoms with van der Waals surface area (Å²) in [5.41, 5.74) is -0.683. The maximum absolute atomic E-state index is 14.7. The summed E-state index contributed by atoms with van der Waals surface area (Å²) in [5.74, 6) is -1.60. The van der Waals surface area contributed by atoms with Gasteiger partial charge in [0, 0.05) is 42.9 Å². The zero-order valence-electron chi connectivity index (χ0n) is 32.0. The molecule has 0 aromatic carbocycles. The van der Waals surface area contributed by atoms with Gasteiger partial charge in [0.15, 0.2) is 0 Å². The quantitative estimate of drug-likeness (QED) is 0.195. The highest BCUT2D eigenvalue weighted by molar-refractivity contribution is 8.05. The number of hydrogen-bond acceptors (Lipinski definition) is 8. The molecule has 5 amide bonds. The van der Waals surface area contributed by atoms with Crippen molar-refractivity contribution in [2.45, 2.75) is 130 Å². The summed E-state index contributed by atoms with van der Waals surface area (Å²) in [6.45, 7) is 14.8. The van der Waals surface area contributed by atoms with E-state index < -0.39 is 63.2 Å². The average molecular weight is 765 g/mol. The smallest absolute Gasteiger partial charge is 0.315 e. The van der Waals surface area contributed by atoms with Crippen molar-refractivity contribution in [2.24, 2.45) is 28.6 Å². The summed E-state index contributed by atoms with van der Waals surface area (Å²) in [6, 6.07) is -3.82. The number of sulfonamides is 1. The molecule has 0 aromatic heterocycles. The summed E-state index contributed by atoms with van der Waals surface area (Å²) in [6.07, 6.45) is 6.65. The van der Waals surface area contributed by atoms with Crippen molar-refractivity contribution in [1.29, 1.82) is 0 Å². The van der Waals surface area contributed by atoms with Gasteiger partial charge in [0.1, 0.15) is 12.1 Å². The number of ketones is 1. The molecule has 1 unspecified atom stereocenters. The van der Waals surface area contributed by atoms with Gasteiger partial charge in [0.05, 0.1) is 10.9 Å². The van der Waals surface area contributed by atoms with Crippen LogP contribution in [0, 0.1) is 28.6 Å². The molecule has 0 bridgehead atoms. The number of nitrogens with zero attached hydrogens (tertiary/aromatic N) is 2. The van der Waals surface area contributed by atoms with Crippen LogP contribution in [0.4, 0.5) is 4.79 Å². The van der Waals surface area contributed by atoms with Gasteiger partial charge >= 0.3 is 6.03 Å². The first-order valence-corrected chi connectivity index (χ1v) is 21.7. The highest BCUT2D eigenvalue weighted by Gasteiger charge is 2.69. The molecule has 52 heavy (non-hydrogen) atoms. The summed E-state index contributed by atoms with van der Waals surface area (Å²) < 4.78 is 28.1. The second-order valence-corrected chi connectivity index (χ2v) is 20.1. The predicted molar refractivity (Wildman–Crippen MR) is 201 cm³/mol. The molecule has 292 valence electrons. The number of nitrogens with one attached hydrogen (secondary N) is 4. The first-order chi connectivity index (χ1) is 24.4. The number of amides is 5. The van der Waals surface area contributed by atoms with E-state index in [2.05, 4.69) is 35.1 Å². The Hall–Kier alpha value is -2.65. The lowest BCUT2D eigenvalue weighted by Crippen LogP contribution is -2.61. The zero-order valence-corrected chi connectivity index (χ0v) is 33.6. The van der Waals surface area contributed by atoms with Gasteiger partial charge in [-0.2, -0.15) is 4.31 Å². The Morgan fingerprint density at radius 1 is 1.00 bits per heavy atom. The minimum absolute atomic E-state index is 0.0855. The number of allylic oxidation sites excluding steroid dienone is 1. The molecule has 6 atom stereocenters. The topological polar surface area (TPSA) is 174 Å². The number of urea groups is 1. The summed E-state index contributed by atoms with van der Waals surface area (Å²) in [4.78, 5) is 71.4. The number of fused-ring (bicyclic) bond motifs is 1. The molecule has 0 aromatic rings. The molecule has 15 heteroatoms. The maximum Gasteiger partial charge on any atom is 0.315 e. The fourth-order valence-electron chi connectivity index (χ4n) is 8.72. The minimum atomic E-state index is -3.59. The normalized spacial score (nSPS) is 26.9. The number of thioether (sulfide) groups is 1. The number of hydrogen-bond donors (Lipinski definition) is 4. The lowest BCUT2D eigenvalue weighted by Gasteiger charge is -2.38.